The molecule has 10 nitrogen and oxygen atoms in total. The molecule has 5 saturated carbocycles. The highest BCUT2D eigenvalue weighted by molar-refractivity contribution is 6.03. The number of carboxylic acid groups (broad SMARTS) is 1. The van der Waals surface area contributed by atoms with Gasteiger partial charge in [0.05, 0.1) is 23.6 Å². The van der Waals surface area contributed by atoms with Gasteiger partial charge < -0.3 is 24.9 Å². The molecule has 3 N–H and O–H groups in total. The van der Waals surface area contributed by atoms with Gasteiger partial charge in [0.25, 0.3) is 5.91 Å². The third-order valence-electron chi connectivity index (χ3n) is 17.2. The molecule has 2 amide bonds. The van der Waals surface area contributed by atoms with Crippen LogP contribution in [0.25, 0.3) is 0 Å². The van der Waals surface area contributed by atoms with Crippen molar-refractivity contribution in [2.75, 3.05) is 0 Å². The van der Waals surface area contributed by atoms with Gasteiger partial charge in [-0.3, -0.25) is 24.0 Å². The Hall–Kier alpha value is -3.43. The molecule has 302 valence electrons. The number of carboxylic acids is 1. The van der Waals surface area contributed by atoms with E-state index in [9.17, 15) is 29.1 Å². The van der Waals surface area contributed by atoms with Gasteiger partial charge in [-0.2, -0.15) is 0 Å². The smallest absolute Gasteiger partial charge is 0.309 e. The van der Waals surface area contributed by atoms with E-state index < -0.39 is 34.3 Å². The first-order valence-corrected chi connectivity index (χ1v) is 20.9. The Morgan fingerprint density at radius 3 is 2.27 bits per heavy atom. The van der Waals surface area contributed by atoms with E-state index in [-0.39, 0.29) is 75.9 Å². The maximum absolute atomic E-state index is 14.2. The molecule has 7 rings (SSSR count). The Morgan fingerprint density at radius 2 is 1.65 bits per heavy atom. The number of allylic oxidation sites excluding steroid dienone is 1. The third kappa shape index (κ3) is 5.79. The lowest BCUT2D eigenvalue weighted by atomic mass is 9.34. The van der Waals surface area contributed by atoms with Crippen LogP contribution in [0, 0.1) is 63.1 Å². The van der Waals surface area contributed by atoms with Crippen molar-refractivity contribution in [3.05, 3.63) is 35.3 Å². The van der Waals surface area contributed by atoms with E-state index in [1.54, 1.807) is 26.0 Å². The maximum Gasteiger partial charge on any atom is 0.309 e. The number of Topliss-reactive ketones (excluding diaryl/α,β-unsaturated/α-hetero) is 1. The summed E-state index contributed by atoms with van der Waals surface area (Å²) >= 11 is 0. The zero-order valence-corrected chi connectivity index (χ0v) is 34.7. The second-order valence-electron chi connectivity index (χ2n) is 20.7. The SMILES string of the molecule is CC(C)C1=C2C3CCC4[C@@]5(C)CC[C@H](OC(=O)[C@H]6C[C@@H](C(=O)O)C6(C)C)[C@H](C)C5CC[C@@]4(C)[C@]3(C)CC[C@@]2(NC(=O)C(C)(C)NC(=O)c2ccco2)CC1=O. The molecular formula is C45H64N2O8. The molecule has 5 fully saturated rings. The van der Waals surface area contributed by atoms with Crippen molar-refractivity contribution in [1.29, 1.82) is 0 Å². The van der Waals surface area contributed by atoms with Gasteiger partial charge >= 0.3 is 11.9 Å². The van der Waals surface area contributed by atoms with E-state index in [0.29, 0.717) is 24.7 Å². The molecule has 0 radical (unpaired) electrons. The first-order chi connectivity index (χ1) is 25.5. The molecule has 6 aliphatic carbocycles. The van der Waals surface area contributed by atoms with Gasteiger partial charge in [0.2, 0.25) is 5.91 Å². The Balaban J connectivity index is 1.12. The second-order valence-corrected chi connectivity index (χ2v) is 20.7. The van der Waals surface area contributed by atoms with E-state index in [0.717, 1.165) is 56.1 Å². The van der Waals surface area contributed by atoms with Crippen LogP contribution in [0.2, 0.25) is 0 Å². The number of aliphatic carboxylic acids is 1. The highest BCUT2D eigenvalue weighted by atomic mass is 16.5. The third-order valence-corrected chi connectivity index (χ3v) is 17.2. The topological polar surface area (TPSA) is 152 Å². The molecule has 1 aromatic heterocycles. The van der Waals surface area contributed by atoms with Gasteiger partial charge in [-0.15, -0.1) is 0 Å². The summed E-state index contributed by atoms with van der Waals surface area (Å²) in [5.74, 6) is -1.28. The number of ether oxygens (including phenoxy) is 1. The van der Waals surface area contributed by atoms with Crippen LogP contribution >= 0.6 is 0 Å². The molecule has 3 unspecified atom stereocenters. The zero-order valence-electron chi connectivity index (χ0n) is 34.7. The van der Waals surface area contributed by atoms with Crippen LogP contribution in [0.1, 0.15) is 144 Å². The Bertz CT molecular complexity index is 1810. The Morgan fingerprint density at radius 1 is 0.945 bits per heavy atom. The number of ketones is 1. The Labute approximate surface area is 326 Å². The highest BCUT2D eigenvalue weighted by Gasteiger charge is 2.69. The molecular weight excluding hydrogens is 697 g/mol. The Kier molecular flexibility index (Phi) is 9.44. The summed E-state index contributed by atoms with van der Waals surface area (Å²) in [4.78, 5) is 66.4. The number of carbonyl (C=O) groups excluding carboxylic acids is 4. The van der Waals surface area contributed by atoms with Gasteiger partial charge in [0.1, 0.15) is 11.6 Å². The summed E-state index contributed by atoms with van der Waals surface area (Å²) in [5.41, 5.74) is -0.651. The predicted molar refractivity (Wildman–Crippen MR) is 206 cm³/mol. The van der Waals surface area contributed by atoms with E-state index in [1.807, 2.05) is 13.8 Å². The average Bonchev–Trinajstić information content (AvgIpc) is 3.72. The number of fused-ring (bicyclic) bond motifs is 7. The van der Waals surface area contributed by atoms with Gasteiger partial charge in [-0.1, -0.05) is 55.4 Å². The standard InChI is InChI=1S/C45H64N2O8/c1-24(2)34-30(48)23-45(47-39(53)41(6,7)46-36(49)32-12-11-21-54-32)20-19-43(9)27(35(34)45)13-14-33-42(8)17-16-31(25(3)26(42)15-18-44(33,43)10)55-38(52)29-22-28(37(50)51)40(29,4)5/h11-12,21,24-29,31,33H,13-20,22-23H2,1-10H3,(H,46,49)(H,47,53)(H,50,51)/t25-,26?,27?,28+,29-,31+,33?,42+,43-,44-,45-/m1/s1. The van der Waals surface area contributed by atoms with Crippen LogP contribution in [0.4, 0.5) is 0 Å². The average molecular weight is 761 g/mol. The zero-order chi connectivity index (χ0) is 40.3. The van der Waals surface area contributed by atoms with Crippen molar-refractivity contribution in [2.24, 2.45) is 63.1 Å². The van der Waals surface area contributed by atoms with Gasteiger partial charge in [0.15, 0.2) is 11.5 Å². The van der Waals surface area contributed by atoms with Crippen molar-refractivity contribution >= 4 is 29.5 Å². The van der Waals surface area contributed by atoms with Crippen LogP contribution in [0.5, 0.6) is 0 Å². The normalized spacial score (nSPS) is 40.6. The fourth-order valence-electron chi connectivity index (χ4n) is 13.7. The van der Waals surface area contributed by atoms with Gasteiger partial charge in [-0.25, -0.2) is 0 Å². The van der Waals surface area contributed by atoms with E-state index >= 15 is 0 Å². The predicted octanol–water partition coefficient (Wildman–Crippen LogP) is 7.91. The molecule has 0 bridgehead atoms. The largest absolute Gasteiger partial charge is 0.481 e. The number of nitrogens with one attached hydrogen (secondary N) is 2. The fraction of sp³-hybridized carbons (Fsp3) is 0.756. The van der Waals surface area contributed by atoms with E-state index in [1.165, 1.54) is 6.26 Å². The minimum Gasteiger partial charge on any atom is -0.481 e. The number of carbonyl (C=O) groups is 5. The molecule has 1 heterocycles. The highest BCUT2D eigenvalue weighted by Crippen LogP contribution is 2.75. The first kappa shape index (κ1) is 39.8. The summed E-state index contributed by atoms with van der Waals surface area (Å²) < 4.78 is 11.6. The number of rotatable bonds is 8. The first-order valence-electron chi connectivity index (χ1n) is 20.9. The number of hydrogen-bond donors (Lipinski definition) is 3. The summed E-state index contributed by atoms with van der Waals surface area (Å²) in [6, 6.07) is 3.20. The maximum atomic E-state index is 14.2. The molecule has 1 aromatic rings. The molecule has 0 aromatic carbocycles. The monoisotopic (exact) mass is 760 g/mol. The fourth-order valence-corrected chi connectivity index (χ4v) is 13.7. The molecule has 0 saturated heterocycles. The number of amides is 2. The van der Waals surface area contributed by atoms with Crippen LogP contribution in [0.3, 0.4) is 0 Å². The van der Waals surface area contributed by atoms with Crippen LogP contribution in [0.15, 0.2) is 34.0 Å². The molecule has 55 heavy (non-hydrogen) atoms. The number of furan rings is 1. The van der Waals surface area contributed by atoms with Crippen LogP contribution in [-0.2, 0) is 23.9 Å². The summed E-state index contributed by atoms with van der Waals surface area (Å²) in [7, 11) is 0. The molecule has 6 aliphatic rings. The number of hydrogen-bond acceptors (Lipinski definition) is 7. The summed E-state index contributed by atoms with van der Waals surface area (Å²) in [5, 5.41) is 15.9. The van der Waals surface area contributed by atoms with Crippen molar-refractivity contribution in [2.45, 2.75) is 151 Å². The molecule has 11 atom stereocenters. The van der Waals surface area contributed by atoms with E-state index in [2.05, 4.69) is 52.2 Å². The lowest BCUT2D eigenvalue weighted by molar-refractivity contribution is -0.217. The lowest BCUT2D eigenvalue weighted by Crippen LogP contribution is -2.67. The van der Waals surface area contributed by atoms with Crippen molar-refractivity contribution in [1.82, 2.24) is 10.6 Å². The van der Waals surface area contributed by atoms with Crippen molar-refractivity contribution in [3.8, 4) is 0 Å². The summed E-state index contributed by atoms with van der Waals surface area (Å²) in [6.45, 7) is 21.1. The molecule has 10 heteroatoms. The minimum absolute atomic E-state index is 0.000614. The summed E-state index contributed by atoms with van der Waals surface area (Å²) in [6.07, 6.45) is 9.26. The van der Waals surface area contributed by atoms with Gasteiger partial charge in [-0.05, 0) is 146 Å². The molecule has 0 spiro atoms. The second kappa shape index (κ2) is 13.1. The quantitative estimate of drug-likeness (QED) is 0.226. The minimum atomic E-state index is -1.25. The van der Waals surface area contributed by atoms with Crippen LogP contribution in [-0.4, -0.2) is 51.8 Å². The van der Waals surface area contributed by atoms with Crippen molar-refractivity contribution < 1.29 is 38.2 Å². The van der Waals surface area contributed by atoms with Crippen molar-refractivity contribution in [3.63, 3.8) is 0 Å². The number of esters is 1. The van der Waals surface area contributed by atoms with Crippen LogP contribution < -0.4 is 10.6 Å². The molecule has 0 aliphatic heterocycles. The van der Waals surface area contributed by atoms with E-state index in [4.69, 9.17) is 9.15 Å². The lowest BCUT2D eigenvalue weighted by Gasteiger charge is -2.71. The van der Waals surface area contributed by atoms with Gasteiger partial charge in [0, 0.05) is 6.42 Å².